The number of nitrogens with zero attached hydrogens (tertiary/aromatic N) is 2. The zero-order valence-electron chi connectivity index (χ0n) is 8.83. The highest BCUT2D eigenvalue weighted by Gasteiger charge is 2.07. The minimum Gasteiger partial charge on any atom is -0.393 e. The summed E-state index contributed by atoms with van der Waals surface area (Å²) < 4.78 is 1.97. The van der Waals surface area contributed by atoms with Gasteiger partial charge in [0.05, 0.1) is 11.8 Å². The van der Waals surface area contributed by atoms with E-state index < -0.39 is 0 Å². The maximum absolute atomic E-state index is 9.14. The molecule has 0 spiro atoms. The summed E-state index contributed by atoms with van der Waals surface area (Å²) in [6.45, 7) is 8.77. The largest absolute Gasteiger partial charge is 0.393 e. The van der Waals surface area contributed by atoms with Gasteiger partial charge in [0.25, 0.3) is 0 Å². The van der Waals surface area contributed by atoms with Crippen LogP contribution in [0.4, 0.5) is 0 Å². The number of aliphatic hydroxyl groups excluding tert-OH is 1. The zero-order chi connectivity index (χ0) is 10.0. The molecule has 1 heterocycles. The van der Waals surface area contributed by atoms with Gasteiger partial charge in [-0.05, 0) is 39.7 Å². The van der Waals surface area contributed by atoms with Crippen LogP contribution < -0.4 is 0 Å². The predicted octanol–water partition coefficient (Wildman–Crippen LogP) is 1.58. The predicted molar refractivity (Wildman–Crippen MR) is 52.7 cm³/mol. The SMILES string of the molecule is Cc1nn(CCC(C)O)c(C)c1C. The summed E-state index contributed by atoms with van der Waals surface area (Å²) >= 11 is 0. The molecule has 0 aliphatic heterocycles. The summed E-state index contributed by atoms with van der Waals surface area (Å²) in [4.78, 5) is 0. The van der Waals surface area contributed by atoms with Crippen LogP contribution in [-0.4, -0.2) is 21.0 Å². The Kier molecular flexibility index (Phi) is 3.09. The van der Waals surface area contributed by atoms with E-state index in [9.17, 15) is 0 Å². The van der Waals surface area contributed by atoms with Crippen molar-refractivity contribution in [1.29, 1.82) is 0 Å². The molecule has 74 valence electrons. The van der Waals surface area contributed by atoms with Gasteiger partial charge in [0.2, 0.25) is 0 Å². The number of hydrogen-bond donors (Lipinski definition) is 1. The van der Waals surface area contributed by atoms with Crippen LogP contribution in [0.2, 0.25) is 0 Å². The molecule has 3 heteroatoms. The Hall–Kier alpha value is -0.830. The van der Waals surface area contributed by atoms with Crippen LogP contribution in [0.3, 0.4) is 0 Å². The maximum Gasteiger partial charge on any atom is 0.0625 e. The molecule has 0 amide bonds. The van der Waals surface area contributed by atoms with Gasteiger partial charge in [0.15, 0.2) is 0 Å². The topological polar surface area (TPSA) is 38.0 Å². The van der Waals surface area contributed by atoms with E-state index in [1.165, 1.54) is 11.3 Å². The first-order valence-electron chi connectivity index (χ1n) is 4.71. The number of hydrogen-bond acceptors (Lipinski definition) is 2. The van der Waals surface area contributed by atoms with E-state index in [0.29, 0.717) is 0 Å². The van der Waals surface area contributed by atoms with Crippen molar-refractivity contribution in [3.63, 3.8) is 0 Å². The third-order valence-corrected chi connectivity index (χ3v) is 2.50. The third kappa shape index (κ3) is 2.31. The van der Waals surface area contributed by atoms with Crippen molar-refractivity contribution in [3.05, 3.63) is 17.0 Å². The zero-order valence-corrected chi connectivity index (χ0v) is 8.83. The molecule has 0 aliphatic carbocycles. The van der Waals surface area contributed by atoms with E-state index in [1.807, 2.05) is 11.6 Å². The fraction of sp³-hybridized carbons (Fsp3) is 0.700. The lowest BCUT2D eigenvalue weighted by atomic mass is 10.2. The van der Waals surface area contributed by atoms with Crippen molar-refractivity contribution in [2.24, 2.45) is 0 Å². The van der Waals surface area contributed by atoms with Crippen LogP contribution >= 0.6 is 0 Å². The van der Waals surface area contributed by atoms with E-state index in [2.05, 4.69) is 18.9 Å². The molecule has 13 heavy (non-hydrogen) atoms. The molecule has 1 aromatic rings. The molecule has 1 unspecified atom stereocenters. The van der Waals surface area contributed by atoms with Crippen molar-refractivity contribution < 1.29 is 5.11 Å². The summed E-state index contributed by atoms with van der Waals surface area (Å²) in [5, 5.41) is 13.5. The summed E-state index contributed by atoms with van der Waals surface area (Å²) in [6.07, 6.45) is 0.519. The van der Waals surface area contributed by atoms with E-state index in [4.69, 9.17) is 5.11 Å². The molecular weight excluding hydrogens is 164 g/mol. The third-order valence-electron chi connectivity index (χ3n) is 2.50. The lowest BCUT2D eigenvalue weighted by molar-refractivity contribution is 0.176. The highest BCUT2D eigenvalue weighted by Crippen LogP contribution is 2.11. The highest BCUT2D eigenvalue weighted by atomic mass is 16.3. The Morgan fingerprint density at radius 1 is 1.38 bits per heavy atom. The van der Waals surface area contributed by atoms with Crippen LogP contribution in [-0.2, 0) is 6.54 Å². The average Bonchev–Trinajstić information content (AvgIpc) is 2.29. The molecule has 0 fully saturated rings. The normalized spacial score (nSPS) is 13.3. The second-order valence-corrected chi connectivity index (χ2v) is 3.66. The Labute approximate surface area is 79.4 Å². The Morgan fingerprint density at radius 2 is 2.00 bits per heavy atom. The number of rotatable bonds is 3. The van der Waals surface area contributed by atoms with E-state index in [0.717, 1.165) is 18.7 Å². The summed E-state index contributed by atoms with van der Waals surface area (Å²) in [7, 11) is 0. The van der Waals surface area contributed by atoms with E-state index in [1.54, 1.807) is 6.92 Å². The van der Waals surface area contributed by atoms with Gasteiger partial charge in [-0.25, -0.2) is 0 Å². The molecule has 1 aromatic heterocycles. The van der Waals surface area contributed by atoms with Gasteiger partial charge in [-0.15, -0.1) is 0 Å². The van der Waals surface area contributed by atoms with Crippen LogP contribution in [0.25, 0.3) is 0 Å². The van der Waals surface area contributed by atoms with Crippen molar-refractivity contribution in [2.45, 2.75) is 46.8 Å². The minimum atomic E-state index is -0.246. The maximum atomic E-state index is 9.14. The van der Waals surface area contributed by atoms with Crippen LogP contribution in [0.5, 0.6) is 0 Å². The monoisotopic (exact) mass is 182 g/mol. The summed E-state index contributed by atoms with van der Waals surface area (Å²) in [6, 6.07) is 0. The van der Waals surface area contributed by atoms with Gasteiger partial charge in [0.1, 0.15) is 0 Å². The van der Waals surface area contributed by atoms with Gasteiger partial charge in [0, 0.05) is 12.2 Å². The number of aryl methyl sites for hydroxylation is 2. The first kappa shape index (κ1) is 10.3. The Bertz CT molecular complexity index is 289. The first-order valence-corrected chi connectivity index (χ1v) is 4.71. The molecule has 0 bridgehead atoms. The number of aromatic nitrogens is 2. The minimum absolute atomic E-state index is 0.246. The number of aliphatic hydroxyl groups is 1. The lowest BCUT2D eigenvalue weighted by Gasteiger charge is -2.06. The second kappa shape index (κ2) is 3.92. The van der Waals surface area contributed by atoms with Crippen molar-refractivity contribution in [2.75, 3.05) is 0 Å². The molecule has 0 radical (unpaired) electrons. The van der Waals surface area contributed by atoms with E-state index in [-0.39, 0.29) is 6.10 Å². The van der Waals surface area contributed by atoms with Crippen LogP contribution in [0, 0.1) is 20.8 Å². The van der Waals surface area contributed by atoms with Gasteiger partial charge >= 0.3 is 0 Å². The van der Waals surface area contributed by atoms with E-state index >= 15 is 0 Å². The Morgan fingerprint density at radius 3 is 2.38 bits per heavy atom. The van der Waals surface area contributed by atoms with Crippen molar-refractivity contribution in [3.8, 4) is 0 Å². The summed E-state index contributed by atoms with van der Waals surface area (Å²) in [5.74, 6) is 0. The molecule has 0 saturated carbocycles. The fourth-order valence-corrected chi connectivity index (χ4v) is 1.31. The molecular formula is C10H18N2O. The van der Waals surface area contributed by atoms with Gasteiger partial charge < -0.3 is 5.11 Å². The molecule has 1 rings (SSSR count). The molecule has 1 atom stereocenters. The van der Waals surface area contributed by atoms with Gasteiger partial charge in [-0.2, -0.15) is 5.10 Å². The van der Waals surface area contributed by atoms with Crippen molar-refractivity contribution >= 4 is 0 Å². The molecule has 0 aliphatic rings. The van der Waals surface area contributed by atoms with Crippen LogP contribution in [0.15, 0.2) is 0 Å². The molecule has 3 nitrogen and oxygen atoms in total. The Balaban J connectivity index is 2.72. The quantitative estimate of drug-likeness (QED) is 0.770. The highest BCUT2D eigenvalue weighted by molar-refractivity contribution is 5.21. The van der Waals surface area contributed by atoms with Crippen LogP contribution in [0.1, 0.15) is 30.3 Å². The van der Waals surface area contributed by atoms with Crippen molar-refractivity contribution in [1.82, 2.24) is 9.78 Å². The average molecular weight is 182 g/mol. The van der Waals surface area contributed by atoms with Gasteiger partial charge in [-0.1, -0.05) is 0 Å². The smallest absolute Gasteiger partial charge is 0.0625 e. The lowest BCUT2D eigenvalue weighted by Crippen LogP contribution is -2.09. The molecule has 0 aromatic carbocycles. The second-order valence-electron chi connectivity index (χ2n) is 3.66. The summed E-state index contributed by atoms with van der Waals surface area (Å²) in [5.41, 5.74) is 3.55. The van der Waals surface area contributed by atoms with Gasteiger partial charge in [-0.3, -0.25) is 4.68 Å². The first-order chi connectivity index (χ1) is 6.02. The molecule has 0 saturated heterocycles. The standard InChI is InChI=1S/C10H18N2O/c1-7(13)5-6-12-10(4)8(2)9(3)11-12/h7,13H,5-6H2,1-4H3. The fourth-order valence-electron chi connectivity index (χ4n) is 1.31. The molecule has 1 N–H and O–H groups in total.